The summed E-state index contributed by atoms with van der Waals surface area (Å²) in [5.41, 5.74) is 0.760. The lowest BCUT2D eigenvalue weighted by molar-refractivity contribution is -0.133. The van der Waals surface area contributed by atoms with Crippen molar-refractivity contribution < 1.29 is 29.4 Å². The number of nitrogens with zero attached hydrogens (tertiary/aromatic N) is 1. The Balaban J connectivity index is 2.51. The van der Waals surface area contributed by atoms with Crippen LogP contribution >= 0.6 is 11.6 Å². The van der Waals surface area contributed by atoms with Crippen LogP contribution in [0.4, 0.5) is 0 Å². The van der Waals surface area contributed by atoms with E-state index >= 15 is 0 Å². The largest absolute Gasteiger partial charge is 0.478 e. The molecular weight excluding hydrogens is 376 g/mol. The van der Waals surface area contributed by atoms with Gasteiger partial charge in [0.05, 0.1) is 42.2 Å². The SMILES string of the molecule is CO/N=C/COCC1=C(C(=O)O)C(c2ccccc2Cl)C(C(=O)O)=C(C)N1. The van der Waals surface area contributed by atoms with Crippen LogP contribution in [0.1, 0.15) is 18.4 Å². The van der Waals surface area contributed by atoms with Crippen molar-refractivity contribution in [3.8, 4) is 0 Å². The minimum atomic E-state index is -1.26. The average Bonchev–Trinajstić information content (AvgIpc) is 2.60. The fourth-order valence-corrected chi connectivity index (χ4v) is 3.13. The van der Waals surface area contributed by atoms with Crippen LogP contribution in [-0.4, -0.2) is 48.7 Å². The van der Waals surface area contributed by atoms with Crippen LogP contribution in [0.5, 0.6) is 0 Å². The number of hydrogen-bond donors (Lipinski definition) is 3. The molecule has 1 heterocycles. The Morgan fingerprint density at radius 3 is 2.52 bits per heavy atom. The number of hydrogen-bond acceptors (Lipinski definition) is 6. The first-order valence-electron chi connectivity index (χ1n) is 7.93. The second-order valence-corrected chi connectivity index (χ2v) is 6.01. The van der Waals surface area contributed by atoms with Gasteiger partial charge in [-0.05, 0) is 18.6 Å². The molecule has 0 saturated carbocycles. The van der Waals surface area contributed by atoms with Gasteiger partial charge in [0.1, 0.15) is 7.11 Å². The van der Waals surface area contributed by atoms with Gasteiger partial charge in [0.2, 0.25) is 0 Å². The summed E-state index contributed by atoms with van der Waals surface area (Å²) in [7, 11) is 1.39. The maximum atomic E-state index is 12.0. The Hall–Kier alpha value is -2.84. The summed E-state index contributed by atoms with van der Waals surface area (Å²) in [6.07, 6.45) is 1.38. The number of ether oxygens (including phenoxy) is 1. The van der Waals surface area contributed by atoms with Gasteiger partial charge in [0.15, 0.2) is 0 Å². The van der Waals surface area contributed by atoms with E-state index in [1.807, 2.05) is 0 Å². The maximum absolute atomic E-state index is 12.0. The predicted octanol–water partition coefficient (Wildman–Crippen LogP) is 2.37. The highest BCUT2D eigenvalue weighted by molar-refractivity contribution is 6.31. The summed E-state index contributed by atoms with van der Waals surface area (Å²) in [5.74, 6) is -3.53. The first-order chi connectivity index (χ1) is 12.9. The Morgan fingerprint density at radius 2 is 1.93 bits per heavy atom. The van der Waals surface area contributed by atoms with E-state index in [4.69, 9.17) is 16.3 Å². The van der Waals surface area contributed by atoms with E-state index in [0.717, 1.165) is 0 Å². The van der Waals surface area contributed by atoms with Gasteiger partial charge in [0, 0.05) is 10.7 Å². The van der Waals surface area contributed by atoms with Gasteiger partial charge in [0.25, 0.3) is 0 Å². The molecular formula is C18H19ClN2O6. The predicted molar refractivity (Wildman–Crippen MR) is 98.6 cm³/mol. The zero-order chi connectivity index (χ0) is 20.0. The lowest BCUT2D eigenvalue weighted by Gasteiger charge is -2.30. The van der Waals surface area contributed by atoms with Crippen molar-refractivity contribution in [1.82, 2.24) is 5.32 Å². The summed E-state index contributed by atoms with van der Waals surface area (Å²) in [5, 5.41) is 26.1. The molecule has 27 heavy (non-hydrogen) atoms. The van der Waals surface area contributed by atoms with E-state index in [1.54, 1.807) is 31.2 Å². The molecule has 0 bridgehead atoms. The lowest BCUT2D eigenvalue weighted by atomic mass is 9.80. The van der Waals surface area contributed by atoms with Crippen LogP contribution in [-0.2, 0) is 19.2 Å². The van der Waals surface area contributed by atoms with Gasteiger partial charge >= 0.3 is 11.9 Å². The number of rotatable bonds is 8. The Bertz CT molecular complexity index is 831. The molecule has 2 rings (SSSR count). The molecule has 0 radical (unpaired) electrons. The van der Waals surface area contributed by atoms with Crippen molar-refractivity contribution in [1.29, 1.82) is 0 Å². The number of nitrogens with one attached hydrogen (secondary N) is 1. The minimum Gasteiger partial charge on any atom is -0.478 e. The van der Waals surface area contributed by atoms with Crippen molar-refractivity contribution in [3.05, 3.63) is 57.4 Å². The summed E-state index contributed by atoms with van der Waals surface area (Å²) in [4.78, 5) is 28.4. The Morgan fingerprint density at radius 1 is 1.26 bits per heavy atom. The average molecular weight is 395 g/mol. The Labute approximate surface area is 160 Å². The first kappa shape index (κ1) is 20.5. The molecule has 9 heteroatoms. The van der Waals surface area contributed by atoms with Crippen molar-refractivity contribution >= 4 is 29.8 Å². The second kappa shape index (κ2) is 9.20. The van der Waals surface area contributed by atoms with E-state index in [1.165, 1.54) is 13.3 Å². The molecule has 1 atom stereocenters. The van der Waals surface area contributed by atoms with Crippen LogP contribution in [0, 0.1) is 0 Å². The highest BCUT2D eigenvalue weighted by atomic mass is 35.5. The molecule has 8 nitrogen and oxygen atoms in total. The molecule has 0 aromatic heterocycles. The molecule has 3 N–H and O–H groups in total. The number of carboxylic acid groups (broad SMARTS) is 2. The van der Waals surface area contributed by atoms with Gasteiger partial charge in [-0.1, -0.05) is 35.0 Å². The van der Waals surface area contributed by atoms with Crippen molar-refractivity contribution in [2.24, 2.45) is 5.16 Å². The summed E-state index contributed by atoms with van der Waals surface area (Å²) >= 11 is 6.24. The molecule has 0 spiro atoms. The molecule has 1 aliphatic heterocycles. The number of benzene rings is 1. The molecule has 0 fully saturated rings. The summed E-state index contributed by atoms with van der Waals surface area (Å²) in [6, 6.07) is 6.56. The van der Waals surface area contributed by atoms with E-state index in [9.17, 15) is 19.8 Å². The molecule has 0 aliphatic carbocycles. The molecule has 1 aliphatic rings. The van der Waals surface area contributed by atoms with E-state index < -0.39 is 17.9 Å². The van der Waals surface area contributed by atoms with Gasteiger partial charge in [-0.2, -0.15) is 0 Å². The smallest absolute Gasteiger partial charge is 0.334 e. The van der Waals surface area contributed by atoms with Crippen LogP contribution in [0.25, 0.3) is 0 Å². The van der Waals surface area contributed by atoms with Gasteiger partial charge < -0.3 is 25.1 Å². The van der Waals surface area contributed by atoms with E-state index in [-0.39, 0.29) is 35.1 Å². The molecule has 1 unspecified atom stereocenters. The number of oxime groups is 1. The van der Waals surface area contributed by atoms with Gasteiger partial charge in [-0.25, -0.2) is 9.59 Å². The van der Waals surface area contributed by atoms with Gasteiger partial charge in [-0.3, -0.25) is 0 Å². The standard InChI is InChI=1S/C18H19ClN2O6/c1-10-14(17(22)23)15(11-5-3-4-6-12(11)19)16(18(24)25)13(21-10)9-27-8-7-20-26-2/h3-7,15,21H,8-9H2,1-2H3,(H,22,23)(H,24,25)/b20-7+. The summed E-state index contributed by atoms with van der Waals surface area (Å²) in [6.45, 7) is 1.58. The Kier molecular flexibility index (Phi) is 6.98. The zero-order valence-electron chi connectivity index (χ0n) is 14.7. The molecule has 0 amide bonds. The lowest BCUT2D eigenvalue weighted by Crippen LogP contribution is -2.33. The highest BCUT2D eigenvalue weighted by Crippen LogP contribution is 2.40. The second-order valence-electron chi connectivity index (χ2n) is 5.61. The third-order valence-electron chi connectivity index (χ3n) is 3.94. The number of halogens is 1. The monoisotopic (exact) mass is 394 g/mol. The van der Waals surface area contributed by atoms with Crippen molar-refractivity contribution in [3.63, 3.8) is 0 Å². The van der Waals surface area contributed by atoms with Crippen LogP contribution in [0.3, 0.4) is 0 Å². The quantitative estimate of drug-likeness (QED) is 0.352. The number of carboxylic acids is 2. The number of allylic oxidation sites excluding steroid dienone is 1. The van der Waals surface area contributed by atoms with E-state index in [0.29, 0.717) is 11.3 Å². The van der Waals surface area contributed by atoms with Crippen LogP contribution < -0.4 is 5.32 Å². The van der Waals surface area contributed by atoms with Gasteiger partial charge in [-0.15, -0.1) is 0 Å². The number of aliphatic carboxylic acids is 2. The third kappa shape index (κ3) is 4.66. The van der Waals surface area contributed by atoms with Crippen LogP contribution in [0.15, 0.2) is 52.0 Å². The fourth-order valence-electron chi connectivity index (χ4n) is 2.89. The zero-order valence-corrected chi connectivity index (χ0v) is 15.5. The first-order valence-corrected chi connectivity index (χ1v) is 8.30. The molecule has 1 aromatic carbocycles. The molecule has 1 aromatic rings. The molecule has 0 saturated heterocycles. The van der Waals surface area contributed by atoms with Crippen molar-refractivity contribution in [2.45, 2.75) is 12.8 Å². The van der Waals surface area contributed by atoms with Crippen LogP contribution in [0.2, 0.25) is 5.02 Å². The third-order valence-corrected chi connectivity index (χ3v) is 4.28. The normalized spacial score (nSPS) is 17.2. The fraction of sp³-hybridized carbons (Fsp3) is 0.278. The minimum absolute atomic E-state index is 0.0785. The maximum Gasteiger partial charge on any atom is 0.334 e. The van der Waals surface area contributed by atoms with E-state index in [2.05, 4.69) is 15.3 Å². The number of dihydropyridines is 1. The highest BCUT2D eigenvalue weighted by Gasteiger charge is 2.38. The molecule has 144 valence electrons. The topological polar surface area (TPSA) is 117 Å². The number of carbonyl (C=O) groups is 2. The van der Waals surface area contributed by atoms with Crippen molar-refractivity contribution in [2.75, 3.05) is 20.3 Å². The summed E-state index contributed by atoms with van der Waals surface area (Å²) < 4.78 is 5.40.